The second-order valence-electron chi connectivity index (χ2n) is 3.59. The molecule has 0 aliphatic heterocycles. The number of phenols is 1. The van der Waals surface area contributed by atoms with E-state index >= 15 is 0 Å². The SMILES string of the molecule is COc1cc([C@@H](N)c2ccsc2)cc(Br)c1O.Cl. The molecular formula is C12H13BrClNO2S. The Bertz CT molecular complexity index is 519. The van der Waals surface area contributed by atoms with Crippen molar-refractivity contribution in [2.24, 2.45) is 5.73 Å². The first-order valence-electron chi connectivity index (χ1n) is 4.97. The minimum absolute atomic E-state index is 0. The van der Waals surface area contributed by atoms with Crippen molar-refractivity contribution in [3.8, 4) is 11.5 Å². The van der Waals surface area contributed by atoms with Crippen molar-refractivity contribution in [3.05, 3.63) is 44.6 Å². The van der Waals surface area contributed by atoms with Gasteiger partial charge in [-0.15, -0.1) is 12.4 Å². The third kappa shape index (κ3) is 2.98. The first kappa shape index (κ1) is 15.3. The summed E-state index contributed by atoms with van der Waals surface area (Å²) < 4.78 is 5.68. The van der Waals surface area contributed by atoms with E-state index in [1.54, 1.807) is 23.5 Å². The topological polar surface area (TPSA) is 55.5 Å². The molecule has 0 aliphatic rings. The lowest BCUT2D eigenvalue weighted by Crippen LogP contribution is -2.11. The van der Waals surface area contributed by atoms with E-state index in [4.69, 9.17) is 10.5 Å². The lowest BCUT2D eigenvalue weighted by atomic mass is 10.0. The number of halogens is 2. The van der Waals surface area contributed by atoms with Gasteiger partial charge >= 0.3 is 0 Å². The van der Waals surface area contributed by atoms with Crippen molar-refractivity contribution < 1.29 is 9.84 Å². The van der Waals surface area contributed by atoms with Gasteiger partial charge in [0.05, 0.1) is 17.6 Å². The molecule has 0 bridgehead atoms. The van der Waals surface area contributed by atoms with Crippen LogP contribution in [0.1, 0.15) is 17.2 Å². The molecule has 0 aliphatic carbocycles. The summed E-state index contributed by atoms with van der Waals surface area (Å²) in [4.78, 5) is 0. The van der Waals surface area contributed by atoms with Gasteiger partial charge in [-0.25, -0.2) is 0 Å². The first-order chi connectivity index (χ1) is 8.13. The van der Waals surface area contributed by atoms with E-state index in [0.29, 0.717) is 10.2 Å². The molecule has 2 aromatic rings. The first-order valence-corrected chi connectivity index (χ1v) is 6.71. The number of benzene rings is 1. The highest BCUT2D eigenvalue weighted by Gasteiger charge is 2.14. The zero-order chi connectivity index (χ0) is 12.4. The molecule has 0 unspecified atom stereocenters. The molecule has 6 heteroatoms. The Balaban J connectivity index is 0.00000162. The molecule has 0 fully saturated rings. The van der Waals surface area contributed by atoms with Crippen molar-refractivity contribution in [1.82, 2.24) is 0 Å². The van der Waals surface area contributed by atoms with E-state index in [9.17, 15) is 5.11 Å². The number of thiophene rings is 1. The Morgan fingerprint density at radius 1 is 1.39 bits per heavy atom. The highest BCUT2D eigenvalue weighted by atomic mass is 79.9. The summed E-state index contributed by atoms with van der Waals surface area (Å²) in [6.07, 6.45) is 0. The van der Waals surface area contributed by atoms with E-state index in [0.717, 1.165) is 11.1 Å². The summed E-state index contributed by atoms with van der Waals surface area (Å²) in [6.45, 7) is 0. The second-order valence-corrected chi connectivity index (χ2v) is 5.22. The van der Waals surface area contributed by atoms with Crippen molar-refractivity contribution in [3.63, 3.8) is 0 Å². The van der Waals surface area contributed by atoms with Crippen LogP contribution in [-0.2, 0) is 0 Å². The molecule has 0 amide bonds. The van der Waals surface area contributed by atoms with Gasteiger partial charge in [0.2, 0.25) is 0 Å². The van der Waals surface area contributed by atoms with Gasteiger partial charge in [0.25, 0.3) is 0 Å². The van der Waals surface area contributed by atoms with Crippen molar-refractivity contribution in [2.45, 2.75) is 6.04 Å². The predicted octanol–water partition coefficient (Wildman–Crippen LogP) is 3.69. The fourth-order valence-corrected chi connectivity index (χ4v) is 2.73. The average Bonchev–Trinajstić information content (AvgIpc) is 2.85. The molecule has 3 N–H and O–H groups in total. The molecular weight excluding hydrogens is 338 g/mol. The Labute approximate surface area is 124 Å². The molecule has 0 saturated heterocycles. The standard InChI is InChI=1S/C12H12BrNO2S.ClH/c1-16-10-5-8(4-9(13)12(10)15)11(14)7-2-3-17-6-7;/h2-6,11,15H,14H2,1H3;1H/t11-;/m0./s1. The van der Waals surface area contributed by atoms with Crippen LogP contribution in [0.15, 0.2) is 33.4 Å². The summed E-state index contributed by atoms with van der Waals surface area (Å²) in [7, 11) is 1.52. The Morgan fingerprint density at radius 3 is 2.67 bits per heavy atom. The summed E-state index contributed by atoms with van der Waals surface area (Å²) in [6, 6.07) is 5.33. The molecule has 0 radical (unpaired) electrons. The molecule has 98 valence electrons. The molecule has 18 heavy (non-hydrogen) atoms. The van der Waals surface area contributed by atoms with E-state index in [-0.39, 0.29) is 24.2 Å². The molecule has 1 heterocycles. The summed E-state index contributed by atoms with van der Waals surface area (Å²) in [5.74, 6) is 0.508. The van der Waals surface area contributed by atoms with Gasteiger partial charge in [0.1, 0.15) is 0 Å². The van der Waals surface area contributed by atoms with Crippen LogP contribution in [0.25, 0.3) is 0 Å². The van der Waals surface area contributed by atoms with E-state index in [1.807, 2.05) is 16.8 Å². The lowest BCUT2D eigenvalue weighted by Gasteiger charge is -2.14. The Kier molecular flexibility index (Phi) is 5.47. The molecule has 1 aromatic carbocycles. The zero-order valence-corrected chi connectivity index (χ0v) is 12.8. The fraction of sp³-hybridized carbons (Fsp3) is 0.167. The highest BCUT2D eigenvalue weighted by Crippen LogP contribution is 2.37. The van der Waals surface area contributed by atoms with Crippen molar-refractivity contribution in [2.75, 3.05) is 7.11 Å². The maximum atomic E-state index is 9.72. The molecule has 0 saturated carbocycles. The van der Waals surface area contributed by atoms with Crippen molar-refractivity contribution in [1.29, 1.82) is 0 Å². The van der Waals surface area contributed by atoms with Crippen LogP contribution in [0, 0.1) is 0 Å². The monoisotopic (exact) mass is 349 g/mol. The minimum Gasteiger partial charge on any atom is -0.503 e. The fourth-order valence-electron chi connectivity index (χ4n) is 1.57. The van der Waals surface area contributed by atoms with Gasteiger partial charge in [0, 0.05) is 0 Å². The van der Waals surface area contributed by atoms with Gasteiger partial charge in [-0.1, -0.05) is 0 Å². The number of hydrogen-bond donors (Lipinski definition) is 2. The van der Waals surface area contributed by atoms with Crippen LogP contribution in [-0.4, -0.2) is 12.2 Å². The second kappa shape index (κ2) is 6.43. The smallest absolute Gasteiger partial charge is 0.172 e. The minimum atomic E-state index is -0.216. The summed E-state index contributed by atoms with van der Waals surface area (Å²) >= 11 is 4.89. The average molecular weight is 351 g/mol. The number of hydrogen-bond acceptors (Lipinski definition) is 4. The number of ether oxygens (including phenoxy) is 1. The van der Waals surface area contributed by atoms with Crippen molar-refractivity contribution >= 4 is 39.7 Å². The summed E-state index contributed by atoms with van der Waals surface area (Å²) in [5, 5.41) is 13.7. The Morgan fingerprint density at radius 2 is 2.11 bits per heavy atom. The van der Waals surface area contributed by atoms with Gasteiger partial charge in [-0.2, -0.15) is 11.3 Å². The lowest BCUT2D eigenvalue weighted by molar-refractivity contribution is 0.371. The van der Waals surface area contributed by atoms with E-state index in [2.05, 4.69) is 15.9 Å². The van der Waals surface area contributed by atoms with Crippen LogP contribution in [0.3, 0.4) is 0 Å². The number of aromatic hydroxyl groups is 1. The van der Waals surface area contributed by atoms with Crippen LogP contribution < -0.4 is 10.5 Å². The molecule has 3 nitrogen and oxygen atoms in total. The Hall–Kier alpha value is -0.750. The summed E-state index contributed by atoms with van der Waals surface area (Å²) in [5.41, 5.74) is 8.10. The quantitative estimate of drug-likeness (QED) is 0.887. The van der Waals surface area contributed by atoms with Gasteiger partial charge < -0.3 is 15.6 Å². The third-order valence-corrected chi connectivity index (χ3v) is 3.84. The normalized spacial score (nSPS) is 11.7. The molecule has 2 rings (SSSR count). The van der Waals surface area contributed by atoms with Crippen LogP contribution in [0.4, 0.5) is 0 Å². The van der Waals surface area contributed by atoms with Gasteiger partial charge in [0.15, 0.2) is 11.5 Å². The van der Waals surface area contributed by atoms with Gasteiger partial charge in [-0.05, 0) is 56.0 Å². The van der Waals surface area contributed by atoms with Crippen LogP contribution >= 0.6 is 39.7 Å². The van der Waals surface area contributed by atoms with Crippen LogP contribution in [0.5, 0.6) is 11.5 Å². The molecule has 1 atom stereocenters. The number of nitrogens with two attached hydrogens (primary N) is 1. The van der Waals surface area contributed by atoms with Gasteiger partial charge in [-0.3, -0.25) is 0 Å². The van der Waals surface area contributed by atoms with E-state index < -0.39 is 0 Å². The third-order valence-electron chi connectivity index (χ3n) is 2.53. The molecule has 0 spiro atoms. The zero-order valence-electron chi connectivity index (χ0n) is 9.59. The number of phenolic OH excluding ortho intramolecular Hbond substituents is 1. The predicted molar refractivity (Wildman–Crippen MR) is 80.0 cm³/mol. The maximum Gasteiger partial charge on any atom is 0.172 e. The molecule has 1 aromatic heterocycles. The largest absolute Gasteiger partial charge is 0.503 e. The highest BCUT2D eigenvalue weighted by molar-refractivity contribution is 9.10. The van der Waals surface area contributed by atoms with Crippen LogP contribution in [0.2, 0.25) is 0 Å². The van der Waals surface area contributed by atoms with E-state index in [1.165, 1.54) is 7.11 Å². The maximum absolute atomic E-state index is 9.72. The number of rotatable bonds is 3. The number of methoxy groups -OCH3 is 1.